The number of halogens is 1. The molecule has 0 aromatic heterocycles. The Labute approximate surface area is 160 Å². The molecular weight excluding hydrogens is 345 g/mol. The second-order valence-electron chi connectivity index (χ2n) is 7.76. The molecule has 6 heteroatoms. The van der Waals surface area contributed by atoms with Crippen molar-refractivity contribution in [1.29, 1.82) is 0 Å². The van der Waals surface area contributed by atoms with Crippen LogP contribution in [0.2, 0.25) is 0 Å². The molecule has 1 aromatic carbocycles. The van der Waals surface area contributed by atoms with E-state index in [2.05, 4.69) is 10.2 Å². The SMILES string of the molecule is CC(C(=O)NCC1CCCCC1)N1CCN(C(=O)c2ccc(F)cc2)CC1. The highest BCUT2D eigenvalue weighted by Crippen LogP contribution is 2.22. The molecule has 2 aliphatic rings. The molecule has 0 spiro atoms. The predicted molar refractivity (Wildman–Crippen MR) is 103 cm³/mol. The number of benzene rings is 1. The van der Waals surface area contributed by atoms with E-state index in [1.54, 1.807) is 4.90 Å². The molecule has 1 N–H and O–H groups in total. The number of piperazine rings is 1. The summed E-state index contributed by atoms with van der Waals surface area (Å²) in [4.78, 5) is 28.9. The molecule has 148 valence electrons. The van der Waals surface area contributed by atoms with Crippen LogP contribution in [0.15, 0.2) is 24.3 Å². The Balaban J connectivity index is 1.44. The maximum Gasteiger partial charge on any atom is 0.253 e. The van der Waals surface area contributed by atoms with Crippen molar-refractivity contribution in [2.24, 2.45) is 5.92 Å². The highest BCUT2D eigenvalue weighted by atomic mass is 19.1. The van der Waals surface area contributed by atoms with E-state index in [1.165, 1.54) is 56.4 Å². The van der Waals surface area contributed by atoms with Gasteiger partial charge in [0.15, 0.2) is 0 Å². The first-order valence-electron chi connectivity index (χ1n) is 10.1. The molecule has 1 saturated carbocycles. The molecule has 1 heterocycles. The average molecular weight is 375 g/mol. The number of carbonyl (C=O) groups excluding carboxylic acids is 2. The van der Waals surface area contributed by atoms with E-state index in [1.807, 2.05) is 6.92 Å². The molecule has 5 nitrogen and oxygen atoms in total. The Hall–Kier alpha value is -1.95. The lowest BCUT2D eigenvalue weighted by Gasteiger charge is -2.37. The van der Waals surface area contributed by atoms with Crippen molar-refractivity contribution < 1.29 is 14.0 Å². The summed E-state index contributed by atoms with van der Waals surface area (Å²) in [6.07, 6.45) is 6.32. The van der Waals surface area contributed by atoms with E-state index in [4.69, 9.17) is 0 Å². The van der Waals surface area contributed by atoms with Gasteiger partial charge >= 0.3 is 0 Å². The van der Waals surface area contributed by atoms with Crippen LogP contribution in [0.5, 0.6) is 0 Å². The minimum absolute atomic E-state index is 0.0796. The lowest BCUT2D eigenvalue weighted by molar-refractivity contribution is -0.126. The zero-order valence-corrected chi connectivity index (χ0v) is 16.1. The molecule has 2 amide bonds. The molecule has 1 saturated heterocycles. The third kappa shape index (κ3) is 5.28. The van der Waals surface area contributed by atoms with Crippen LogP contribution in [0, 0.1) is 11.7 Å². The summed E-state index contributed by atoms with van der Waals surface area (Å²) in [5.74, 6) is 0.285. The largest absolute Gasteiger partial charge is 0.354 e. The fraction of sp³-hybridized carbons (Fsp3) is 0.619. The summed E-state index contributed by atoms with van der Waals surface area (Å²) in [5, 5.41) is 3.12. The Kier molecular flexibility index (Phi) is 6.83. The number of nitrogens with one attached hydrogen (secondary N) is 1. The quantitative estimate of drug-likeness (QED) is 0.861. The third-order valence-corrected chi connectivity index (χ3v) is 5.91. The Morgan fingerprint density at radius 3 is 2.33 bits per heavy atom. The van der Waals surface area contributed by atoms with E-state index in [0.29, 0.717) is 37.7 Å². The Morgan fingerprint density at radius 2 is 1.70 bits per heavy atom. The first kappa shape index (κ1) is 19.8. The summed E-state index contributed by atoms with van der Waals surface area (Å²) >= 11 is 0. The number of nitrogens with zero attached hydrogens (tertiary/aromatic N) is 2. The van der Waals surface area contributed by atoms with Gasteiger partial charge in [-0.3, -0.25) is 14.5 Å². The first-order chi connectivity index (χ1) is 13.0. The first-order valence-corrected chi connectivity index (χ1v) is 10.1. The van der Waals surface area contributed by atoms with Gasteiger partial charge in [0.2, 0.25) is 5.91 Å². The molecule has 1 aromatic rings. The van der Waals surface area contributed by atoms with Crippen molar-refractivity contribution in [1.82, 2.24) is 15.1 Å². The van der Waals surface area contributed by atoms with E-state index >= 15 is 0 Å². The van der Waals surface area contributed by atoms with Gasteiger partial charge in [-0.1, -0.05) is 19.3 Å². The van der Waals surface area contributed by atoms with Crippen molar-refractivity contribution in [2.45, 2.75) is 45.1 Å². The van der Waals surface area contributed by atoms with Gasteiger partial charge in [0.05, 0.1) is 6.04 Å². The second kappa shape index (κ2) is 9.31. The number of hydrogen-bond donors (Lipinski definition) is 1. The van der Waals surface area contributed by atoms with Crippen molar-refractivity contribution in [3.05, 3.63) is 35.6 Å². The van der Waals surface area contributed by atoms with Crippen LogP contribution in [-0.2, 0) is 4.79 Å². The molecule has 1 aliphatic carbocycles. The van der Waals surface area contributed by atoms with Crippen LogP contribution < -0.4 is 5.32 Å². The summed E-state index contributed by atoms with van der Waals surface area (Å²) in [5.41, 5.74) is 0.503. The summed E-state index contributed by atoms with van der Waals surface area (Å²) in [6, 6.07) is 5.47. The van der Waals surface area contributed by atoms with Gasteiger partial charge in [-0.25, -0.2) is 4.39 Å². The minimum atomic E-state index is -0.343. The van der Waals surface area contributed by atoms with E-state index in [0.717, 1.165) is 6.54 Å². The van der Waals surface area contributed by atoms with Crippen LogP contribution in [0.25, 0.3) is 0 Å². The highest BCUT2D eigenvalue weighted by molar-refractivity contribution is 5.94. The Bertz CT molecular complexity index is 635. The second-order valence-corrected chi connectivity index (χ2v) is 7.76. The number of carbonyl (C=O) groups is 2. The highest BCUT2D eigenvalue weighted by Gasteiger charge is 2.28. The molecule has 1 atom stereocenters. The third-order valence-electron chi connectivity index (χ3n) is 5.91. The minimum Gasteiger partial charge on any atom is -0.354 e. The van der Waals surface area contributed by atoms with E-state index < -0.39 is 0 Å². The van der Waals surface area contributed by atoms with Crippen LogP contribution in [0.1, 0.15) is 49.4 Å². The van der Waals surface area contributed by atoms with Crippen LogP contribution in [-0.4, -0.2) is 60.4 Å². The molecule has 0 bridgehead atoms. The average Bonchev–Trinajstić information content (AvgIpc) is 2.72. The molecule has 1 unspecified atom stereocenters. The molecule has 27 heavy (non-hydrogen) atoms. The molecule has 2 fully saturated rings. The van der Waals surface area contributed by atoms with Crippen molar-refractivity contribution in [3.8, 4) is 0 Å². The smallest absolute Gasteiger partial charge is 0.253 e. The van der Waals surface area contributed by atoms with Crippen LogP contribution in [0.3, 0.4) is 0 Å². The normalized spacial score (nSPS) is 20.3. The van der Waals surface area contributed by atoms with Crippen molar-refractivity contribution in [3.63, 3.8) is 0 Å². The maximum absolute atomic E-state index is 13.0. The zero-order valence-electron chi connectivity index (χ0n) is 16.1. The molecular formula is C21H30FN3O2. The predicted octanol–water partition coefficient (Wildman–Crippen LogP) is 2.67. The van der Waals surface area contributed by atoms with Gasteiger partial charge < -0.3 is 10.2 Å². The fourth-order valence-corrected chi connectivity index (χ4v) is 4.04. The van der Waals surface area contributed by atoms with Crippen molar-refractivity contribution in [2.75, 3.05) is 32.7 Å². The van der Waals surface area contributed by atoms with Gasteiger partial charge in [-0.2, -0.15) is 0 Å². The lowest BCUT2D eigenvalue weighted by atomic mass is 9.89. The summed E-state index contributed by atoms with van der Waals surface area (Å²) in [7, 11) is 0. The van der Waals surface area contributed by atoms with Gasteiger partial charge in [-0.05, 0) is 49.9 Å². The standard InChI is InChI=1S/C21H30FN3O2/c1-16(20(26)23-15-17-5-3-2-4-6-17)24-11-13-25(14-12-24)21(27)18-7-9-19(22)10-8-18/h7-10,16-17H,2-6,11-15H2,1H3,(H,23,26). The summed E-state index contributed by atoms with van der Waals surface area (Å²) in [6.45, 7) is 5.22. The monoisotopic (exact) mass is 375 g/mol. The number of amides is 2. The van der Waals surface area contributed by atoms with Gasteiger partial charge in [0.25, 0.3) is 5.91 Å². The Morgan fingerprint density at radius 1 is 1.07 bits per heavy atom. The molecule has 0 radical (unpaired) electrons. The topological polar surface area (TPSA) is 52.7 Å². The van der Waals surface area contributed by atoms with Crippen molar-refractivity contribution >= 4 is 11.8 Å². The van der Waals surface area contributed by atoms with Gasteiger partial charge in [0, 0.05) is 38.3 Å². The van der Waals surface area contributed by atoms with Crippen LogP contribution >= 0.6 is 0 Å². The van der Waals surface area contributed by atoms with E-state index in [9.17, 15) is 14.0 Å². The molecule has 3 rings (SSSR count). The number of rotatable bonds is 5. The molecule has 1 aliphatic heterocycles. The van der Waals surface area contributed by atoms with Gasteiger partial charge in [-0.15, -0.1) is 0 Å². The zero-order chi connectivity index (χ0) is 19.2. The van der Waals surface area contributed by atoms with E-state index in [-0.39, 0.29) is 23.7 Å². The summed E-state index contributed by atoms with van der Waals surface area (Å²) < 4.78 is 13.0. The van der Waals surface area contributed by atoms with Crippen LogP contribution in [0.4, 0.5) is 4.39 Å². The fourth-order valence-electron chi connectivity index (χ4n) is 4.04. The number of hydrogen-bond acceptors (Lipinski definition) is 3. The lowest BCUT2D eigenvalue weighted by Crippen LogP contribution is -2.55. The van der Waals surface area contributed by atoms with Gasteiger partial charge in [0.1, 0.15) is 5.82 Å². The maximum atomic E-state index is 13.0.